The molecular weight excluding hydrogens is 202 g/mol. The van der Waals surface area contributed by atoms with Crippen LogP contribution in [0, 0.1) is 11.8 Å². The van der Waals surface area contributed by atoms with Crippen LogP contribution in [0.2, 0.25) is 0 Å². The van der Waals surface area contributed by atoms with Gasteiger partial charge in [0.2, 0.25) is 0 Å². The number of rotatable bonds is 6. The van der Waals surface area contributed by atoms with Gasteiger partial charge in [-0.3, -0.25) is 4.79 Å². The standard InChI is InChI=1S/C13H23NO2/c1-2-6-14-12-9-16-8-11(12)13(15)7-10-4-3-5-10/h10-12,14H,2-9H2,1H3. The summed E-state index contributed by atoms with van der Waals surface area (Å²) in [6.45, 7) is 4.48. The molecule has 1 N–H and O–H groups in total. The van der Waals surface area contributed by atoms with E-state index in [9.17, 15) is 4.79 Å². The van der Waals surface area contributed by atoms with Crippen LogP contribution in [0.3, 0.4) is 0 Å². The van der Waals surface area contributed by atoms with Crippen LogP contribution in [-0.2, 0) is 9.53 Å². The molecule has 1 aliphatic carbocycles. The zero-order chi connectivity index (χ0) is 11.4. The molecule has 3 nitrogen and oxygen atoms in total. The van der Waals surface area contributed by atoms with Crippen LogP contribution < -0.4 is 5.32 Å². The molecule has 2 unspecified atom stereocenters. The highest BCUT2D eigenvalue weighted by Gasteiger charge is 2.34. The zero-order valence-corrected chi connectivity index (χ0v) is 10.2. The zero-order valence-electron chi connectivity index (χ0n) is 10.2. The van der Waals surface area contributed by atoms with Gasteiger partial charge in [-0.25, -0.2) is 0 Å². The van der Waals surface area contributed by atoms with Crippen LogP contribution in [0.4, 0.5) is 0 Å². The van der Waals surface area contributed by atoms with Crippen LogP contribution in [0.25, 0.3) is 0 Å². The lowest BCUT2D eigenvalue weighted by molar-refractivity contribution is -0.124. The molecule has 0 amide bonds. The minimum atomic E-state index is 0.118. The molecule has 0 bridgehead atoms. The number of nitrogens with one attached hydrogen (secondary N) is 1. The van der Waals surface area contributed by atoms with Crippen molar-refractivity contribution in [2.45, 2.75) is 45.1 Å². The van der Waals surface area contributed by atoms with Gasteiger partial charge in [0, 0.05) is 12.5 Å². The maximum Gasteiger partial charge on any atom is 0.140 e. The Bertz CT molecular complexity index is 238. The molecule has 16 heavy (non-hydrogen) atoms. The molecule has 2 rings (SSSR count). The topological polar surface area (TPSA) is 38.3 Å². The quantitative estimate of drug-likeness (QED) is 0.748. The Morgan fingerprint density at radius 3 is 2.81 bits per heavy atom. The Kier molecular flexibility index (Phi) is 4.36. The number of Topliss-reactive ketones (excluding diaryl/α,β-unsaturated/α-hetero) is 1. The second-order valence-electron chi connectivity index (χ2n) is 5.17. The number of ether oxygens (including phenoxy) is 1. The maximum absolute atomic E-state index is 12.1. The summed E-state index contributed by atoms with van der Waals surface area (Å²) in [6, 6.07) is 0.271. The molecule has 0 radical (unpaired) electrons. The average Bonchev–Trinajstić information content (AvgIpc) is 2.68. The minimum absolute atomic E-state index is 0.118. The van der Waals surface area contributed by atoms with E-state index in [4.69, 9.17) is 4.74 Å². The van der Waals surface area contributed by atoms with E-state index in [1.807, 2.05) is 0 Å². The normalized spacial score (nSPS) is 30.3. The number of hydrogen-bond acceptors (Lipinski definition) is 3. The van der Waals surface area contributed by atoms with Crippen molar-refractivity contribution in [3.05, 3.63) is 0 Å². The Hall–Kier alpha value is -0.410. The van der Waals surface area contributed by atoms with E-state index < -0.39 is 0 Å². The number of carbonyl (C=O) groups is 1. The maximum atomic E-state index is 12.1. The lowest BCUT2D eigenvalue weighted by Crippen LogP contribution is -2.40. The van der Waals surface area contributed by atoms with Crippen LogP contribution >= 0.6 is 0 Å². The molecule has 2 atom stereocenters. The summed E-state index contributed by atoms with van der Waals surface area (Å²) in [7, 11) is 0. The highest BCUT2D eigenvalue weighted by Crippen LogP contribution is 2.31. The second kappa shape index (κ2) is 5.78. The smallest absolute Gasteiger partial charge is 0.140 e. The summed E-state index contributed by atoms with van der Waals surface area (Å²) in [4.78, 5) is 12.1. The Labute approximate surface area is 97.9 Å². The van der Waals surface area contributed by atoms with Gasteiger partial charge in [-0.1, -0.05) is 26.2 Å². The first-order chi connectivity index (χ1) is 7.81. The third kappa shape index (κ3) is 2.83. The molecule has 2 fully saturated rings. The molecule has 1 saturated heterocycles. The van der Waals surface area contributed by atoms with Gasteiger partial charge in [-0.15, -0.1) is 0 Å². The fourth-order valence-corrected chi connectivity index (χ4v) is 2.54. The van der Waals surface area contributed by atoms with Gasteiger partial charge >= 0.3 is 0 Å². The molecule has 0 aromatic rings. The van der Waals surface area contributed by atoms with Gasteiger partial charge in [-0.05, 0) is 18.9 Å². The fraction of sp³-hybridized carbons (Fsp3) is 0.923. The van der Waals surface area contributed by atoms with E-state index in [2.05, 4.69) is 12.2 Å². The molecule has 2 aliphatic rings. The number of hydrogen-bond donors (Lipinski definition) is 1. The van der Waals surface area contributed by atoms with Gasteiger partial charge in [0.15, 0.2) is 0 Å². The highest BCUT2D eigenvalue weighted by atomic mass is 16.5. The third-order valence-electron chi connectivity index (χ3n) is 3.87. The predicted molar refractivity (Wildman–Crippen MR) is 63.4 cm³/mol. The lowest BCUT2D eigenvalue weighted by Gasteiger charge is -2.26. The summed E-state index contributed by atoms with van der Waals surface area (Å²) in [6.07, 6.45) is 5.73. The van der Waals surface area contributed by atoms with Gasteiger partial charge in [0.25, 0.3) is 0 Å². The Morgan fingerprint density at radius 2 is 2.19 bits per heavy atom. The van der Waals surface area contributed by atoms with Crippen molar-refractivity contribution in [1.29, 1.82) is 0 Å². The van der Waals surface area contributed by atoms with Crippen molar-refractivity contribution in [3.63, 3.8) is 0 Å². The lowest BCUT2D eigenvalue weighted by atomic mass is 9.79. The van der Waals surface area contributed by atoms with E-state index in [1.165, 1.54) is 19.3 Å². The fourth-order valence-electron chi connectivity index (χ4n) is 2.54. The summed E-state index contributed by atoms with van der Waals surface area (Å²) in [5, 5.41) is 3.43. The van der Waals surface area contributed by atoms with Crippen molar-refractivity contribution >= 4 is 5.78 Å². The molecule has 1 aliphatic heterocycles. The molecule has 1 heterocycles. The molecule has 1 saturated carbocycles. The third-order valence-corrected chi connectivity index (χ3v) is 3.87. The molecule has 92 valence electrons. The SMILES string of the molecule is CCCNC1COCC1C(=O)CC1CCC1. The average molecular weight is 225 g/mol. The van der Waals surface area contributed by atoms with Crippen molar-refractivity contribution in [3.8, 4) is 0 Å². The van der Waals surface area contributed by atoms with E-state index >= 15 is 0 Å². The van der Waals surface area contributed by atoms with Crippen LogP contribution in [-0.4, -0.2) is 31.6 Å². The first-order valence-corrected chi connectivity index (χ1v) is 6.65. The number of carbonyl (C=O) groups excluding carboxylic acids is 1. The van der Waals surface area contributed by atoms with Crippen LogP contribution in [0.15, 0.2) is 0 Å². The van der Waals surface area contributed by atoms with Crippen LogP contribution in [0.5, 0.6) is 0 Å². The van der Waals surface area contributed by atoms with Gasteiger partial charge in [0.1, 0.15) is 5.78 Å². The molecule has 3 heteroatoms. The van der Waals surface area contributed by atoms with Crippen molar-refractivity contribution in [2.75, 3.05) is 19.8 Å². The van der Waals surface area contributed by atoms with Gasteiger partial charge < -0.3 is 10.1 Å². The Morgan fingerprint density at radius 1 is 1.38 bits per heavy atom. The summed E-state index contributed by atoms with van der Waals surface area (Å²) in [5.74, 6) is 1.22. The molecule has 0 aromatic carbocycles. The summed E-state index contributed by atoms with van der Waals surface area (Å²) >= 11 is 0. The molecule has 0 aromatic heterocycles. The van der Waals surface area contributed by atoms with E-state index in [0.29, 0.717) is 24.9 Å². The van der Waals surface area contributed by atoms with Crippen molar-refractivity contribution < 1.29 is 9.53 Å². The van der Waals surface area contributed by atoms with Crippen molar-refractivity contribution in [1.82, 2.24) is 5.32 Å². The molecular formula is C13H23NO2. The minimum Gasteiger partial charge on any atom is -0.379 e. The first-order valence-electron chi connectivity index (χ1n) is 6.65. The summed E-state index contributed by atoms with van der Waals surface area (Å²) < 4.78 is 5.44. The van der Waals surface area contributed by atoms with Gasteiger partial charge in [-0.2, -0.15) is 0 Å². The van der Waals surface area contributed by atoms with E-state index in [0.717, 1.165) is 19.4 Å². The predicted octanol–water partition coefficient (Wildman–Crippen LogP) is 1.76. The number of ketones is 1. The van der Waals surface area contributed by atoms with Crippen LogP contribution in [0.1, 0.15) is 39.0 Å². The second-order valence-corrected chi connectivity index (χ2v) is 5.17. The monoisotopic (exact) mass is 225 g/mol. The van der Waals surface area contributed by atoms with Crippen molar-refractivity contribution in [2.24, 2.45) is 11.8 Å². The Balaban J connectivity index is 1.78. The van der Waals surface area contributed by atoms with E-state index in [1.54, 1.807) is 0 Å². The first kappa shape index (κ1) is 12.1. The highest BCUT2D eigenvalue weighted by molar-refractivity contribution is 5.82. The van der Waals surface area contributed by atoms with Gasteiger partial charge in [0.05, 0.1) is 19.1 Å². The molecule has 0 spiro atoms. The largest absolute Gasteiger partial charge is 0.379 e. The summed E-state index contributed by atoms with van der Waals surface area (Å²) in [5.41, 5.74) is 0. The van der Waals surface area contributed by atoms with E-state index in [-0.39, 0.29) is 12.0 Å².